The van der Waals surface area contributed by atoms with Crippen molar-refractivity contribution in [2.24, 2.45) is 0 Å². The van der Waals surface area contributed by atoms with Gasteiger partial charge in [0.1, 0.15) is 11.5 Å². The standard InChI is InChI=1S/C22H32N5OP/c1-16(14-26-9-11-28-12-10-26)27(15-19-7-6-8-20(29)13-19)21-17(2)24(4)18(3)25(5)22(21)23/h6-8,13,23H,1,3,9-12,14-15,29H2,2,4-5H3. The van der Waals surface area contributed by atoms with Crippen LogP contribution >= 0.6 is 9.24 Å². The van der Waals surface area contributed by atoms with Gasteiger partial charge in [0.25, 0.3) is 0 Å². The van der Waals surface area contributed by atoms with Crippen LogP contribution in [-0.4, -0.2) is 72.4 Å². The first kappa shape index (κ1) is 21.6. The summed E-state index contributed by atoms with van der Waals surface area (Å²) in [5, 5.41) is 9.96. The average molecular weight is 414 g/mol. The molecule has 29 heavy (non-hydrogen) atoms. The van der Waals surface area contributed by atoms with Gasteiger partial charge < -0.3 is 19.4 Å². The van der Waals surface area contributed by atoms with Crippen LogP contribution in [0.1, 0.15) is 12.5 Å². The van der Waals surface area contributed by atoms with Crippen LogP contribution in [0, 0.1) is 5.41 Å². The van der Waals surface area contributed by atoms with Crippen molar-refractivity contribution in [3.05, 3.63) is 65.9 Å². The van der Waals surface area contributed by atoms with Crippen LogP contribution in [0.4, 0.5) is 0 Å². The molecule has 0 saturated carbocycles. The molecular weight excluding hydrogens is 381 g/mol. The van der Waals surface area contributed by atoms with E-state index in [1.165, 1.54) is 5.56 Å². The van der Waals surface area contributed by atoms with Gasteiger partial charge in [-0.25, -0.2) is 0 Å². The number of amidine groups is 1. The largest absolute Gasteiger partial charge is 0.379 e. The highest BCUT2D eigenvalue weighted by atomic mass is 31.0. The Morgan fingerprint density at radius 2 is 1.93 bits per heavy atom. The fourth-order valence-electron chi connectivity index (χ4n) is 3.69. The van der Waals surface area contributed by atoms with Crippen molar-refractivity contribution in [1.29, 1.82) is 5.41 Å². The zero-order chi connectivity index (χ0) is 21.1. The van der Waals surface area contributed by atoms with Crippen molar-refractivity contribution in [3.8, 4) is 0 Å². The smallest absolute Gasteiger partial charge is 0.152 e. The SMILES string of the molecule is C=C1N(C)C(=N)C(N(Cc2cccc(P)c2)C(=C)CN2CCOCC2)=C(C)N1C. The van der Waals surface area contributed by atoms with E-state index in [-0.39, 0.29) is 0 Å². The third-order valence-electron chi connectivity index (χ3n) is 5.63. The number of hydrogen-bond acceptors (Lipinski definition) is 5. The number of nitrogens with one attached hydrogen (secondary N) is 1. The summed E-state index contributed by atoms with van der Waals surface area (Å²) < 4.78 is 5.49. The Kier molecular flexibility index (Phi) is 6.78. The molecule has 0 amide bonds. The van der Waals surface area contributed by atoms with Gasteiger partial charge >= 0.3 is 0 Å². The van der Waals surface area contributed by atoms with Crippen molar-refractivity contribution in [2.45, 2.75) is 13.5 Å². The van der Waals surface area contributed by atoms with Gasteiger partial charge in [-0.05, 0) is 17.8 Å². The van der Waals surface area contributed by atoms with Gasteiger partial charge in [0.2, 0.25) is 0 Å². The molecule has 0 spiro atoms. The minimum absolute atomic E-state index is 0.441. The van der Waals surface area contributed by atoms with Crippen molar-refractivity contribution in [3.63, 3.8) is 0 Å². The molecule has 1 aromatic carbocycles. The molecule has 2 heterocycles. The molecule has 6 nitrogen and oxygen atoms in total. The second-order valence-electron chi connectivity index (χ2n) is 7.60. The summed E-state index contributed by atoms with van der Waals surface area (Å²) in [6.45, 7) is 15.3. The fourth-order valence-corrected chi connectivity index (χ4v) is 4.01. The second-order valence-corrected chi connectivity index (χ2v) is 8.27. The van der Waals surface area contributed by atoms with Crippen molar-refractivity contribution in [1.82, 2.24) is 19.6 Å². The van der Waals surface area contributed by atoms with Gasteiger partial charge in [-0.2, -0.15) is 0 Å². The molecule has 7 heteroatoms. The topological polar surface area (TPSA) is 46.0 Å². The molecule has 2 aliphatic rings. The molecule has 1 unspecified atom stereocenters. The minimum Gasteiger partial charge on any atom is -0.379 e. The molecule has 3 rings (SSSR count). The van der Waals surface area contributed by atoms with Gasteiger partial charge in [0, 0.05) is 51.7 Å². The molecule has 1 atom stereocenters. The van der Waals surface area contributed by atoms with Crippen molar-refractivity contribution in [2.75, 3.05) is 46.9 Å². The predicted octanol–water partition coefficient (Wildman–Crippen LogP) is 2.39. The van der Waals surface area contributed by atoms with E-state index in [9.17, 15) is 0 Å². The zero-order valence-electron chi connectivity index (χ0n) is 17.7. The lowest BCUT2D eigenvalue weighted by molar-refractivity contribution is 0.0397. The molecule has 2 aliphatic heterocycles. The highest BCUT2D eigenvalue weighted by Gasteiger charge is 2.31. The van der Waals surface area contributed by atoms with E-state index < -0.39 is 0 Å². The average Bonchev–Trinajstić information content (AvgIpc) is 2.71. The maximum absolute atomic E-state index is 8.81. The summed E-state index contributed by atoms with van der Waals surface area (Å²) in [5.41, 5.74) is 4.04. The molecule has 0 aliphatic carbocycles. The van der Waals surface area contributed by atoms with E-state index in [4.69, 9.17) is 10.1 Å². The van der Waals surface area contributed by atoms with Crippen molar-refractivity contribution >= 4 is 20.4 Å². The lowest BCUT2D eigenvalue weighted by Crippen LogP contribution is -2.46. The first-order chi connectivity index (χ1) is 13.8. The molecule has 0 radical (unpaired) electrons. The zero-order valence-corrected chi connectivity index (χ0v) is 18.9. The Morgan fingerprint density at radius 1 is 1.24 bits per heavy atom. The maximum Gasteiger partial charge on any atom is 0.152 e. The van der Waals surface area contributed by atoms with Gasteiger partial charge in [-0.1, -0.05) is 37.4 Å². The number of nitrogens with zero attached hydrogens (tertiary/aromatic N) is 4. The third kappa shape index (κ3) is 4.72. The Balaban J connectivity index is 1.96. The monoisotopic (exact) mass is 413 g/mol. The number of hydrogen-bond donors (Lipinski definition) is 1. The van der Waals surface area contributed by atoms with E-state index >= 15 is 0 Å². The number of ether oxygens (including phenoxy) is 1. The number of likely N-dealkylation sites (N-methyl/N-ethyl adjacent to an activating group) is 1. The first-order valence-electron chi connectivity index (χ1n) is 9.85. The van der Waals surface area contributed by atoms with E-state index in [0.717, 1.165) is 61.1 Å². The summed E-state index contributed by atoms with van der Waals surface area (Å²) in [5.74, 6) is 1.23. The Bertz CT molecular complexity index is 843. The fraction of sp³-hybridized carbons (Fsp3) is 0.409. The summed E-state index contributed by atoms with van der Waals surface area (Å²) in [4.78, 5) is 8.41. The summed E-state index contributed by atoms with van der Waals surface area (Å²) in [6.07, 6.45) is 0. The van der Waals surface area contributed by atoms with E-state index in [1.807, 2.05) is 30.8 Å². The lowest BCUT2D eigenvalue weighted by Gasteiger charge is -2.43. The molecular formula is C22H32N5OP. The molecule has 1 saturated heterocycles. The molecule has 0 bridgehead atoms. The quantitative estimate of drug-likeness (QED) is 0.726. The van der Waals surface area contributed by atoms with Crippen LogP contribution in [0.15, 0.2) is 60.3 Å². The van der Waals surface area contributed by atoms with E-state index in [0.29, 0.717) is 12.4 Å². The minimum atomic E-state index is 0.441. The number of benzene rings is 1. The highest BCUT2D eigenvalue weighted by Crippen LogP contribution is 2.30. The molecule has 1 N–H and O–H groups in total. The Hall–Kier alpha value is -2.14. The van der Waals surface area contributed by atoms with Crippen LogP contribution < -0.4 is 5.30 Å². The molecule has 1 aromatic rings. The van der Waals surface area contributed by atoms with Gasteiger partial charge in [-0.15, -0.1) is 9.24 Å². The Labute approximate surface area is 176 Å². The summed E-state index contributed by atoms with van der Waals surface area (Å²) in [7, 11) is 6.64. The summed E-state index contributed by atoms with van der Waals surface area (Å²) >= 11 is 0. The predicted molar refractivity (Wildman–Crippen MR) is 123 cm³/mol. The van der Waals surface area contributed by atoms with Crippen LogP contribution in [0.2, 0.25) is 0 Å². The number of rotatable bonds is 6. The van der Waals surface area contributed by atoms with Gasteiger partial charge in [0.15, 0.2) is 5.84 Å². The highest BCUT2D eigenvalue weighted by molar-refractivity contribution is 7.27. The van der Waals surface area contributed by atoms with Crippen LogP contribution in [0.25, 0.3) is 0 Å². The van der Waals surface area contributed by atoms with Crippen molar-refractivity contribution < 1.29 is 4.74 Å². The van der Waals surface area contributed by atoms with E-state index in [1.54, 1.807) is 0 Å². The normalized spacial score (nSPS) is 18.5. The molecule has 156 valence electrons. The van der Waals surface area contributed by atoms with Gasteiger partial charge in [0.05, 0.1) is 13.2 Å². The number of morpholine rings is 1. The van der Waals surface area contributed by atoms with Gasteiger partial charge in [-0.3, -0.25) is 10.3 Å². The third-order valence-corrected chi connectivity index (χ3v) is 5.99. The van der Waals surface area contributed by atoms with Crippen LogP contribution in [0.3, 0.4) is 0 Å². The maximum atomic E-state index is 8.81. The first-order valence-corrected chi connectivity index (χ1v) is 10.4. The molecule has 0 aromatic heterocycles. The number of allylic oxidation sites excluding steroid dienone is 1. The van der Waals surface area contributed by atoms with E-state index in [2.05, 4.69) is 56.5 Å². The molecule has 1 fully saturated rings. The summed E-state index contributed by atoms with van der Waals surface area (Å²) in [6, 6.07) is 8.42. The van der Waals surface area contributed by atoms with Crippen LogP contribution in [0.5, 0.6) is 0 Å². The van der Waals surface area contributed by atoms with Crippen LogP contribution in [-0.2, 0) is 11.3 Å². The lowest BCUT2D eigenvalue weighted by atomic mass is 10.1. The Morgan fingerprint density at radius 3 is 2.59 bits per heavy atom. The second kappa shape index (κ2) is 9.12.